The third kappa shape index (κ3) is 10.3. The van der Waals surface area contributed by atoms with Gasteiger partial charge in [-0.15, -0.1) is 0 Å². The molecule has 0 aliphatic carbocycles. The van der Waals surface area contributed by atoms with E-state index in [9.17, 15) is 0 Å². The van der Waals surface area contributed by atoms with Crippen LogP contribution in [0.3, 0.4) is 0 Å². The van der Waals surface area contributed by atoms with Crippen molar-refractivity contribution in [1.29, 1.82) is 0 Å². The van der Waals surface area contributed by atoms with Crippen molar-refractivity contribution in [3.8, 4) is 0 Å². The van der Waals surface area contributed by atoms with Crippen LogP contribution in [0.5, 0.6) is 0 Å². The Kier molecular flexibility index (Phi) is 12.8. The molecule has 19 heavy (non-hydrogen) atoms. The second kappa shape index (κ2) is 12.9. The molecular weight excluding hydrogens is 234 g/mol. The molecule has 0 radical (unpaired) electrons. The molecule has 0 aliphatic heterocycles. The second-order valence-corrected chi connectivity index (χ2v) is 5.40. The first-order valence-electron chi connectivity index (χ1n) is 8.35. The van der Waals surface area contributed by atoms with E-state index in [1.807, 2.05) is 0 Å². The van der Waals surface area contributed by atoms with E-state index in [1.54, 1.807) is 0 Å². The van der Waals surface area contributed by atoms with E-state index in [-0.39, 0.29) is 0 Å². The summed E-state index contributed by atoms with van der Waals surface area (Å²) in [7, 11) is 0. The lowest BCUT2D eigenvalue weighted by molar-refractivity contribution is 0.285. The average Bonchev–Trinajstić information content (AvgIpc) is 2.44. The van der Waals surface area contributed by atoms with E-state index in [4.69, 9.17) is 0 Å². The summed E-state index contributed by atoms with van der Waals surface area (Å²) >= 11 is 0. The standard InChI is InChI=1S/C16H37N3/c1-6-18(7-2)14-10-12-16(5)17-13-11-15-19(8-3)9-4/h16-17H,6-15H2,1-5H3/t16-/m1/s1. The van der Waals surface area contributed by atoms with Gasteiger partial charge in [0.15, 0.2) is 0 Å². The normalized spacial score (nSPS) is 13.4. The zero-order chi connectivity index (χ0) is 14.5. The highest BCUT2D eigenvalue weighted by atomic mass is 15.1. The lowest BCUT2D eigenvalue weighted by Crippen LogP contribution is -2.32. The molecule has 0 amide bonds. The molecule has 0 aromatic carbocycles. The summed E-state index contributed by atoms with van der Waals surface area (Å²) in [5.74, 6) is 0. The van der Waals surface area contributed by atoms with Gasteiger partial charge in [0.05, 0.1) is 0 Å². The largest absolute Gasteiger partial charge is 0.314 e. The average molecular weight is 271 g/mol. The van der Waals surface area contributed by atoms with Crippen molar-refractivity contribution in [3.63, 3.8) is 0 Å². The van der Waals surface area contributed by atoms with Crippen molar-refractivity contribution in [2.45, 2.75) is 59.9 Å². The number of hydrogen-bond acceptors (Lipinski definition) is 3. The highest BCUT2D eigenvalue weighted by Gasteiger charge is 2.04. The van der Waals surface area contributed by atoms with Crippen LogP contribution >= 0.6 is 0 Å². The third-order valence-electron chi connectivity index (χ3n) is 4.04. The summed E-state index contributed by atoms with van der Waals surface area (Å²) in [6.07, 6.45) is 3.87. The Hall–Kier alpha value is -0.120. The fraction of sp³-hybridized carbons (Fsp3) is 1.00. The number of hydrogen-bond donors (Lipinski definition) is 1. The van der Waals surface area contributed by atoms with Crippen LogP contribution in [-0.4, -0.2) is 61.7 Å². The van der Waals surface area contributed by atoms with Gasteiger partial charge in [0.1, 0.15) is 0 Å². The summed E-state index contributed by atoms with van der Waals surface area (Å²) in [5, 5.41) is 3.65. The van der Waals surface area contributed by atoms with Crippen LogP contribution in [0.2, 0.25) is 0 Å². The maximum Gasteiger partial charge on any atom is 0.00392 e. The van der Waals surface area contributed by atoms with Crippen molar-refractivity contribution in [1.82, 2.24) is 15.1 Å². The number of rotatable bonds is 13. The Bertz CT molecular complexity index is 177. The van der Waals surface area contributed by atoms with E-state index in [1.165, 1.54) is 58.5 Å². The summed E-state index contributed by atoms with van der Waals surface area (Å²) in [5.41, 5.74) is 0. The Morgan fingerprint density at radius 2 is 1.26 bits per heavy atom. The summed E-state index contributed by atoms with van der Waals surface area (Å²) < 4.78 is 0. The fourth-order valence-electron chi connectivity index (χ4n) is 2.45. The molecule has 3 heteroatoms. The minimum atomic E-state index is 0.660. The molecule has 0 bridgehead atoms. The first kappa shape index (κ1) is 18.9. The number of nitrogens with zero attached hydrogens (tertiary/aromatic N) is 2. The zero-order valence-electron chi connectivity index (χ0n) is 14.0. The fourth-order valence-corrected chi connectivity index (χ4v) is 2.45. The number of nitrogens with one attached hydrogen (secondary N) is 1. The van der Waals surface area contributed by atoms with E-state index < -0.39 is 0 Å². The molecule has 0 saturated heterocycles. The van der Waals surface area contributed by atoms with Crippen molar-refractivity contribution < 1.29 is 0 Å². The van der Waals surface area contributed by atoms with E-state index in [0.29, 0.717) is 6.04 Å². The van der Waals surface area contributed by atoms with Crippen molar-refractivity contribution in [2.75, 3.05) is 45.8 Å². The minimum Gasteiger partial charge on any atom is -0.314 e. The molecule has 116 valence electrons. The van der Waals surface area contributed by atoms with Gasteiger partial charge in [0.2, 0.25) is 0 Å². The lowest BCUT2D eigenvalue weighted by Gasteiger charge is -2.21. The third-order valence-corrected chi connectivity index (χ3v) is 4.04. The molecular formula is C16H37N3. The van der Waals surface area contributed by atoms with Gasteiger partial charge in [-0.2, -0.15) is 0 Å². The van der Waals surface area contributed by atoms with E-state index in [2.05, 4.69) is 49.7 Å². The van der Waals surface area contributed by atoms with Gasteiger partial charge < -0.3 is 15.1 Å². The topological polar surface area (TPSA) is 18.5 Å². The lowest BCUT2D eigenvalue weighted by atomic mass is 10.1. The second-order valence-electron chi connectivity index (χ2n) is 5.40. The molecule has 0 rings (SSSR count). The first-order valence-corrected chi connectivity index (χ1v) is 8.35. The summed E-state index contributed by atoms with van der Waals surface area (Å²) in [4.78, 5) is 5.00. The van der Waals surface area contributed by atoms with Gasteiger partial charge in [-0.1, -0.05) is 27.7 Å². The van der Waals surface area contributed by atoms with Crippen LogP contribution in [0.1, 0.15) is 53.9 Å². The minimum absolute atomic E-state index is 0.660. The van der Waals surface area contributed by atoms with Gasteiger partial charge in [-0.3, -0.25) is 0 Å². The SMILES string of the molecule is CCN(CC)CCCN[C@H](C)CCCN(CC)CC. The van der Waals surface area contributed by atoms with E-state index in [0.717, 1.165) is 6.54 Å². The van der Waals surface area contributed by atoms with Crippen LogP contribution in [0.15, 0.2) is 0 Å². The Morgan fingerprint density at radius 1 is 0.789 bits per heavy atom. The van der Waals surface area contributed by atoms with Crippen molar-refractivity contribution in [3.05, 3.63) is 0 Å². The Balaban J connectivity index is 3.46. The summed E-state index contributed by atoms with van der Waals surface area (Å²) in [6.45, 7) is 19.7. The maximum absolute atomic E-state index is 3.65. The van der Waals surface area contributed by atoms with Crippen LogP contribution in [0, 0.1) is 0 Å². The Morgan fingerprint density at radius 3 is 1.74 bits per heavy atom. The van der Waals surface area contributed by atoms with Gasteiger partial charge >= 0.3 is 0 Å². The molecule has 0 aromatic rings. The Labute approximate surface area is 121 Å². The molecule has 1 atom stereocenters. The highest BCUT2D eigenvalue weighted by Crippen LogP contribution is 2.00. The molecule has 0 aromatic heterocycles. The van der Waals surface area contributed by atoms with Crippen LogP contribution in [-0.2, 0) is 0 Å². The molecule has 0 aliphatic rings. The molecule has 1 N–H and O–H groups in total. The first-order chi connectivity index (χ1) is 9.17. The zero-order valence-corrected chi connectivity index (χ0v) is 14.0. The van der Waals surface area contributed by atoms with E-state index >= 15 is 0 Å². The predicted molar refractivity (Wildman–Crippen MR) is 86.9 cm³/mol. The van der Waals surface area contributed by atoms with Gasteiger partial charge in [-0.05, 0) is 72.0 Å². The molecule has 0 spiro atoms. The molecule has 0 heterocycles. The monoisotopic (exact) mass is 271 g/mol. The van der Waals surface area contributed by atoms with Gasteiger partial charge in [0.25, 0.3) is 0 Å². The molecule has 0 fully saturated rings. The molecule has 0 unspecified atom stereocenters. The van der Waals surface area contributed by atoms with Crippen molar-refractivity contribution in [2.24, 2.45) is 0 Å². The molecule has 3 nitrogen and oxygen atoms in total. The smallest absolute Gasteiger partial charge is 0.00392 e. The quantitative estimate of drug-likeness (QED) is 0.520. The van der Waals surface area contributed by atoms with Gasteiger partial charge in [-0.25, -0.2) is 0 Å². The van der Waals surface area contributed by atoms with Crippen molar-refractivity contribution >= 4 is 0 Å². The highest BCUT2D eigenvalue weighted by molar-refractivity contribution is 4.64. The van der Waals surface area contributed by atoms with Gasteiger partial charge in [0, 0.05) is 6.04 Å². The van der Waals surface area contributed by atoms with Crippen LogP contribution in [0.4, 0.5) is 0 Å². The maximum atomic E-state index is 3.65. The summed E-state index contributed by atoms with van der Waals surface area (Å²) in [6, 6.07) is 0.660. The molecule has 0 saturated carbocycles. The predicted octanol–water partition coefficient (Wildman–Crippen LogP) is 2.82. The van der Waals surface area contributed by atoms with Crippen LogP contribution in [0.25, 0.3) is 0 Å². The van der Waals surface area contributed by atoms with Crippen LogP contribution < -0.4 is 5.32 Å².